The van der Waals surface area contributed by atoms with Crippen molar-refractivity contribution in [1.82, 2.24) is 9.78 Å². The molecule has 1 heterocycles. The number of ketones is 1. The Morgan fingerprint density at radius 3 is 2.82 bits per heavy atom. The molecule has 0 fully saturated rings. The summed E-state index contributed by atoms with van der Waals surface area (Å²) in [5.41, 5.74) is -0.267. The van der Waals surface area contributed by atoms with Gasteiger partial charge in [0.25, 0.3) is 0 Å². The van der Waals surface area contributed by atoms with E-state index in [0.29, 0.717) is 4.47 Å². The number of Topliss-reactive ketones (excluding diaryl/α,β-unsaturated/α-hetero) is 1. The molecule has 0 aliphatic carbocycles. The monoisotopic (exact) mass is 300 g/mol. The molecule has 0 unspecified atom stereocenters. The third-order valence-electron chi connectivity index (χ3n) is 2.14. The van der Waals surface area contributed by atoms with Crippen LogP contribution in [0.1, 0.15) is 10.4 Å². The van der Waals surface area contributed by atoms with E-state index in [1.807, 2.05) is 0 Å². The summed E-state index contributed by atoms with van der Waals surface area (Å²) >= 11 is 3.18. The molecule has 0 N–H and O–H groups in total. The van der Waals surface area contributed by atoms with Gasteiger partial charge < -0.3 is 0 Å². The average Bonchev–Trinajstić information content (AvgIpc) is 2.67. The minimum Gasteiger partial charge on any atom is -0.292 e. The van der Waals surface area contributed by atoms with E-state index in [1.165, 1.54) is 10.9 Å². The van der Waals surface area contributed by atoms with E-state index in [9.17, 15) is 13.6 Å². The summed E-state index contributed by atoms with van der Waals surface area (Å²) in [6.07, 6.45) is 3.09. The normalized spacial score (nSPS) is 10.5. The van der Waals surface area contributed by atoms with Crippen molar-refractivity contribution in [2.75, 3.05) is 0 Å². The van der Waals surface area contributed by atoms with Gasteiger partial charge in [-0.2, -0.15) is 5.10 Å². The Morgan fingerprint density at radius 2 is 2.18 bits per heavy atom. The Bertz CT molecular complexity index is 568. The lowest BCUT2D eigenvalue weighted by Gasteiger charge is -2.03. The lowest BCUT2D eigenvalue weighted by atomic mass is 10.1. The van der Waals surface area contributed by atoms with Gasteiger partial charge in [-0.25, -0.2) is 8.78 Å². The van der Waals surface area contributed by atoms with Gasteiger partial charge in [0, 0.05) is 6.20 Å². The number of hydrogen-bond acceptors (Lipinski definition) is 2. The lowest BCUT2D eigenvalue weighted by molar-refractivity contribution is 0.0963. The molecule has 3 nitrogen and oxygen atoms in total. The number of nitrogens with zero attached hydrogens (tertiary/aromatic N) is 2. The standard InChI is InChI=1S/C11H7BrF2N2O/c12-7-4-15-16(5-7)6-11(17)9-3-8(13)1-2-10(9)14/h1-5H,6H2. The second kappa shape index (κ2) is 4.75. The van der Waals surface area contributed by atoms with Gasteiger partial charge in [-0.1, -0.05) is 0 Å². The van der Waals surface area contributed by atoms with E-state index < -0.39 is 17.4 Å². The van der Waals surface area contributed by atoms with Crippen LogP contribution in [0.25, 0.3) is 0 Å². The van der Waals surface area contributed by atoms with Crippen molar-refractivity contribution < 1.29 is 13.6 Å². The Morgan fingerprint density at radius 1 is 1.41 bits per heavy atom. The highest BCUT2D eigenvalue weighted by atomic mass is 79.9. The summed E-state index contributed by atoms with van der Waals surface area (Å²) in [4.78, 5) is 11.7. The number of aromatic nitrogens is 2. The fourth-order valence-electron chi connectivity index (χ4n) is 1.37. The first kappa shape index (κ1) is 11.9. The predicted octanol–water partition coefficient (Wildman–Crippen LogP) is 2.81. The van der Waals surface area contributed by atoms with E-state index in [1.54, 1.807) is 6.20 Å². The number of halogens is 3. The average molecular weight is 301 g/mol. The van der Waals surface area contributed by atoms with Crippen molar-refractivity contribution >= 4 is 21.7 Å². The molecule has 0 saturated carbocycles. The van der Waals surface area contributed by atoms with Crippen LogP contribution in [-0.2, 0) is 6.54 Å². The van der Waals surface area contributed by atoms with Crippen molar-refractivity contribution in [2.24, 2.45) is 0 Å². The highest BCUT2D eigenvalue weighted by Gasteiger charge is 2.13. The molecule has 88 valence electrons. The molecule has 2 rings (SSSR count). The summed E-state index contributed by atoms with van der Waals surface area (Å²) in [7, 11) is 0. The fraction of sp³-hybridized carbons (Fsp3) is 0.0909. The first-order valence-corrected chi connectivity index (χ1v) is 5.52. The minimum atomic E-state index is -0.734. The molecule has 0 aliphatic heterocycles. The van der Waals surface area contributed by atoms with Crippen LogP contribution in [0.4, 0.5) is 8.78 Å². The third kappa shape index (κ3) is 2.76. The first-order chi connectivity index (χ1) is 8.06. The van der Waals surface area contributed by atoms with Gasteiger partial charge >= 0.3 is 0 Å². The van der Waals surface area contributed by atoms with Crippen molar-refractivity contribution in [3.63, 3.8) is 0 Å². The number of carbonyl (C=O) groups is 1. The van der Waals surface area contributed by atoms with Crippen LogP contribution >= 0.6 is 15.9 Å². The van der Waals surface area contributed by atoms with E-state index in [2.05, 4.69) is 21.0 Å². The van der Waals surface area contributed by atoms with Crippen molar-refractivity contribution in [2.45, 2.75) is 6.54 Å². The van der Waals surface area contributed by atoms with Crippen molar-refractivity contribution in [3.8, 4) is 0 Å². The van der Waals surface area contributed by atoms with Crippen LogP contribution in [0.3, 0.4) is 0 Å². The largest absolute Gasteiger partial charge is 0.292 e. The minimum absolute atomic E-state index is 0.133. The Labute approximate surface area is 104 Å². The molecule has 1 aromatic heterocycles. The molecule has 0 amide bonds. The number of hydrogen-bond donors (Lipinski definition) is 0. The van der Waals surface area contributed by atoms with Gasteiger partial charge in [-0.15, -0.1) is 0 Å². The maximum Gasteiger partial charge on any atom is 0.187 e. The maximum absolute atomic E-state index is 13.3. The summed E-state index contributed by atoms with van der Waals surface area (Å²) in [5.74, 6) is -1.91. The van der Waals surface area contributed by atoms with Crippen LogP contribution in [0.2, 0.25) is 0 Å². The quantitative estimate of drug-likeness (QED) is 0.817. The van der Waals surface area contributed by atoms with Gasteiger partial charge in [0.05, 0.1) is 16.2 Å². The van der Waals surface area contributed by atoms with Crippen LogP contribution in [0.15, 0.2) is 35.1 Å². The molecular weight excluding hydrogens is 294 g/mol. The second-order valence-electron chi connectivity index (χ2n) is 3.40. The van der Waals surface area contributed by atoms with Gasteiger partial charge in [0.2, 0.25) is 0 Å². The zero-order chi connectivity index (χ0) is 12.4. The highest BCUT2D eigenvalue weighted by Crippen LogP contribution is 2.12. The van der Waals surface area contributed by atoms with Gasteiger partial charge in [0.1, 0.15) is 18.2 Å². The molecule has 0 radical (unpaired) electrons. The third-order valence-corrected chi connectivity index (χ3v) is 2.55. The number of carbonyl (C=O) groups excluding carboxylic acids is 1. The summed E-state index contributed by atoms with van der Waals surface area (Å²) in [6, 6.07) is 2.79. The summed E-state index contributed by atoms with van der Waals surface area (Å²) in [6.45, 7) is -0.133. The van der Waals surface area contributed by atoms with Gasteiger partial charge in [0.15, 0.2) is 5.78 Å². The molecule has 1 aromatic carbocycles. The summed E-state index contributed by atoms with van der Waals surface area (Å²) in [5, 5.41) is 3.87. The predicted molar refractivity (Wildman–Crippen MR) is 60.6 cm³/mol. The molecule has 0 saturated heterocycles. The van der Waals surface area contributed by atoms with Crippen molar-refractivity contribution in [1.29, 1.82) is 0 Å². The number of benzene rings is 1. The molecule has 17 heavy (non-hydrogen) atoms. The van der Waals surface area contributed by atoms with E-state index in [-0.39, 0.29) is 12.1 Å². The topological polar surface area (TPSA) is 34.9 Å². The molecular formula is C11H7BrF2N2O. The van der Waals surface area contributed by atoms with E-state index >= 15 is 0 Å². The van der Waals surface area contributed by atoms with Crippen LogP contribution in [-0.4, -0.2) is 15.6 Å². The highest BCUT2D eigenvalue weighted by molar-refractivity contribution is 9.10. The van der Waals surface area contributed by atoms with Gasteiger partial charge in [-0.3, -0.25) is 9.48 Å². The smallest absolute Gasteiger partial charge is 0.187 e. The van der Waals surface area contributed by atoms with Crippen LogP contribution in [0.5, 0.6) is 0 Å². The van der Waals surface area contributed by atoms with E-state index in [0.717, 1.165) is 18.2 Å². The molecule has 0 aliphatic rings. The molecule has 0 spiro atoms. The maximum atomic E-state index is 13.3. The Hall–Kier alpha value is -1.56. The number of rotatable bonds is 3. The molecule has 0 bridgehead atoms. The summed E-state index contributed by atoms with van der Waals surface area (Å²) < 4.78 is 28.3. The Balaban J connectivity index is 2.22. The van der Waals surface area contributed by atoms with Gasteiger partial charge in [-0.05, 0) is 34.1 Å². The zero-order valence-electron chi connectivity index (χ0n) is 8.53. The van der Waals surface area contributed by atoms with Crippen LogP contribution < -0.4 is 0 Å². The molecule has 0 atom stereocenters. The zero-order valence-corrected chi connectivity index (χ0v) is 10.1. The Kier molecular flexibility index (Phi) is 3.33. The SMILES string of the molecule is O=C(Cn1cc(Br)cn1)c1cc(F)ccc1F. The molecule has 6 heteroatoms. The first-order valence-electron chi connectivity index (χ1n) is 4.72. The lowest BCUT2D eigenvalue weighted by Crippen LogP contribution is -2.12. The van der Waals surface area contributed by atoms with Crippen LogP contribution in [0, 0.1) is 11.6 Å². The fourth-order valence-corrected chi connectivity index (χ4v) is 1.70. The molecule has 2 aromatic rings. The second-order valence-corrected chi connectivity index (χ2v) is 4.32. The van der Waals surface area contributed by atoms with Crippen molar-refractivity contribution in [3.05, 3.63) is 52.3 Å². The van der Waals surface area contributed by atoms with E-state index in [4.69, 9.17) is 0 Å².